The van der Waals surface area contributed by atoms with Crippen molar-refractivity contribution in [1.82, 2.24) is 4.90 Å². The van der Waals surface area contributed by atoms with Gasteiger partial charge in [-0.05, 0) is 24.6 Å². The molecule has 0 bridgehead atoms. The van der Waals surface area contributed by atoms with Crippen LogP contribution < -0.4 is 4.74 Å². The third kappa shape index (κ3) is 4.64. The fourth-order valence-electron chi connectivity index (χ4n) is 2.96. The van der Waals surface area contributed by atoms with Crippen molar-refractivity contribution in [3.63, 3.8) is 0 Å². The first-order valence-electron chi connectivity index (χ1n) is 8.24. The van der Waals surface area contributed by atoms with E-state index < -0.39 is 33.3 Å². The average Bonchev–Trinajstić information content (AvgIpc) is 3.26. The summed E-state index contributed by atoms with van der Waals surface area (Å²) < 4.78 is 34.2. The number of ether oxygens (including phenoxy) is 1. The van der Waals surface area contributed by atoms with Crippen LogP contribution in [0, 0.1) is 10.1 Å². The highest BCUT2D eigenvalue weighted by molar-refractivity contribution is 7.91. The molecule has 1 aliphatic heterocycles. The second-order valence-electron chi connectivity index (χ2n) is 6.17. The zero-order valence-corrected chi connectivity index (χ0v) is 15.1. The molecule has 3 rings (SSSR count). The normalized spacial score (nSPS) is 18.1. The second-order valence-corrected chi connectivity index (χ2v) is 8.40. The van der Waals surface area contributed by atoms with Gasteiger partial charge in [-0.15, -0.1) is 0 Å². The molecule has 1 fully saturated rings. The van der Waals surface area contributed by atoms with Crippen LogP contribution in [0.2, 0.25) is 0 Å². The van der Waals surface area contributed by atoms with E-state index in [1.54, 1.807) is 18.2 Å². The van der Waals surface area contributed by atoms with Crippen LogP contribution in [-0.4, -0.2) is 48.3 Å². The maximum atomic E-state index is 12.7. The van der Waals surface area contributed by atoms with Crippen molar-refractivity contribution >= 4 is 21.4 Å². The average molecular weight is 394 g/mol. The topological polar surface area (TPSA) is 120 Å². The summed E-state index contributed by atoms with van der Waals surface area (Å²) in [4.78, 5) is 24.6. The Bertz CT molecular complexity index is 925. The van der Waals surface area contributed by atoms with Gasteiger partial charge in [0, 0.05) is 12.1 Å². The second kappa shape index (κ2) is 7.78. The summed E-state index contributed by atoms with van der Waals surface area (Å²) in [6, 6.07) is 8.63. The number of hydrogen-bond acceptors (Lipinski definition) is 7. The molecule has 0 unspecified atom stereocenters. The smallest absolute Gasteiger partial charge is 0.310 e. The van der Waals surface area contributed by atoms with Gasteiger partial charge >= 0.3 is 5.69 Å². The number of amides is 1. The van der Waals surface area contributed by atoms with Gasteiger partial charge in [0.15, 0.2) is 22.2 Å². The lowest BCUT2D eigenvalue weighted by Crippen LogP contribution is -2.43. The van der Waals surface area contributed by atoms with E-state index in [0.717, 1.165) is 0 Å². The largest absolute Gasteiger partial charge is 0.477 e. The summed E-state index contributed by atoms with van der Waals surface area (Å²) >= 11 is 0. The fourth-order valence-corrected chi connectivity index (χ4v) is 4.70. The molecule has 1 atom stereocenters. The van der Waals surface area contributed by atoms with Crippen LogP contribution >= 0.6 is 0 Å². The van der Waals surface area contributed by atoms with Crippen molar-refractivity contribution in [2.75, 3.05) is 18.1 Å². The first-order valence-corrected chi connectivity index (χ1v) is 10.1. The van der Waals surface area contributed by atoms with Crippen molar-refractivity contribution < 1.29 is 27.3 Å². The maximum absolute atomic E-state index is 12.7. The van der Waals surface area contributed by atoms with Gasteiger partial charge in [0.2, 0.25) is 0 Å². The molecular weight excluding hydrogens is 376 g/mol. The van der Waals surface area contributed by atoms with Crippen LogP contribution in [0.1, 0.15) is 12.2 Å². The molecule has 2 aromatic rings. The zero-order valence-electron chi connectivity index (χ0n) is 14.3. The number of sulfone groups is 1. The molecule has 1 aromatic heterocycles. The summed E-state index contributed by atoms with van der Waals surface area (Å²) in [5.41, 5.74) is -0.244. The molecule has 27 heavy (non-hydrogen) atoms. The van der Waals surface area contributed by atoms with Crippen LogP contribution in [-0.2, 0) is 21.2 Å². The molecule has 0 radical (unpaired) electrons. The molecule has 9 nitrogen and oxygen atoms in total. The lowest BCUT2D eigenvalue weighted by molar-refractivity contribution is -0.385. The molecule has 0 N–H and O–H groups in total. The number of nitro groups is 1. The molecule has 144 valence electrons. The highest BCUT2D eigenvalue weighted by Gasteiger charge is 2.35. The lowest BCUT2D eigenvalue weighted by Gasteiger charge is -2.27. The van der Waals surface area contributed by atoms with Gasteiger partial charge in [-0.1, -0.05) is 12.1 Å². The molecule has 2 heterocycles. The third-order valence-electron chi connectivity index (χ3n) is 4.29. The molecule has 1 amide bonds. The molecular formula is C17H18N2O7S. The van der Waals surface area contributed by atoms with Gasteiger partial charge in [0.25, 0.3) is 5.91 Å². The van der Waals surface area contributed by atoms with Gasteiger partial charge in [0.1, 0.15) is 5.76 Å². The van der Waals surface area contributed by atoms with Crippen molar-refractivity contribution in [2.24, 2.45) is 0 Å². The van der Waals surface area contributed by atoms with Crippen LogP contribution in [0.3, 0.4) is 0 Å². The quantitative estimate of drug-likeness (QED) is 0.518. The third-order valence-corrected chi connectivity index (χ3v) is 6.04. The van der Waals surface area contributed by atoms with E-state index >= 15 is 0 Å². The zero-order chi connectivity index (χ0) is 19.4. The van der Waals surface area contributed by atoms with E-state index in [9.17, 15) is 23.3 Å². The van der Waals surface area contributed by atoms with Crippen LogP contribution in [0.25, 0.3) is 0 Å². The lowest BCUT2D eigenvalue weighted by atomic mass is 10.2. The molecule has 1 aliphatic rings. The Morgan fingerprint density at radius 3 is 2.70 bits per heavy atom. The minimum atomic E-state index is -3.19. The van der Waals surface area contributed by atoms with Gasteiger partial charge in [0.05, 0.1) is 29.2 Å². The van der Waals surface area contributed by atoms with E-state index in [4.69, 9.17) is 9.15 Å². The number of furan rings is 1. The number of benzene rings is 1. The van der Waals surface area contributed by atoms with E-state index in [1.165, 1.54) is 29.4 Å². The Morgan fingerprint density at radius 2 is 2.07 bits per heavy atom. The summed E-state index contributed by atoms with van der Waals surface area (Å²) in [6.45, 7) is -0.339. The number of carbonyl (C=O) groups excluding carboxylic acids is 1. The molecule has 1 aromatic carbocycles. The Kier molecular flexibility index (Phi) is 5.45. The Hall–Kier alpha value is -2.88. The van der Waals surface area contributed by atoms with Crippen molar-refractivity contribution in [3.8, 4) is 5.75 Å². The summed E-state index contributed by atoms with van der Waals surface area (Å²) in [5.74, 6) is -0.0759. The first kappa shape index (κ1) is 18.9. The Labute approximate surface area is 155 Å². The number of rotatable bonds is 7. The van der Waals surface area contributed by atoms with Crippen molar-refractivity contribution in [2.45, 2.75) is 19.0 Å². The van der Waals surface area contributed by atoms with Gasteiger partial charge in [-0.25, -0.2) is 8.42 Å². The summed E-state index contributed by atoms with van der Waals surface area (Å²) in [5, 5.41) is 11.0. The minimum absolute atomic E-state index is 0.0185. The summed E-state index contributed by atoms with van der Waals surface area (Å²) in [7, 11) is -3.19. The maximum Gasteiger partial charge on any atom is 0.310 e. The van der Waals surface area contributed by atoms with Crippen LogP contribution in [0.15, 0.2) is 47.1 Å². The minimum Gasteiger partial charge on any atom is -0.477 e. The number of para-hydroxylation sites is 2. The van der Waals surface area contributed by atoms with Gasteiger partial charge in [-0.3, -0.25) is 14.9 Å². The SMILES string of the molecule is O=C(COc1ccccc1[N+](=O)[O-])N(Cc1ccco1)[C@H]1CCS(=O)(=O)C1. The predicted molar refractivity (Wildman–Crippen MR) is 94.9 cm³/mol. The standard InChI is InChI=1S/C17H18N2O7S/c20-17(11-26-16-6-2-1-5-15(16)19(21)22)18(10-14-4-3-8-25-14)13-7-9-27(23,24)12-13/h1-6,8,13H,7,9-12H2/t13-/m0/s1. The van der Waals surface area contributed by atoms with Gasteiger partial charge in [-0.2, -0.15) is 0 Å². The molecule has 0 aliphatic carbocycles. The van der Waals surface area contributed by atoms with Crippen LogP contribution in [0.5, 0.6) is 5.75 Å². The predicted octanol–water partition coefficient (Wildman–Crippen LogP) is 1.78. The fraction of sp³-hybridized carbons (Fsp3) is 0.353. The van der Waals surface area contributed by atoms with E-state index in [0.29, 0.717) is 12.2 Å². The summed E-state index contributed by atoms with van der Waals surface area (Å²) in [6.07, 6.45) is 1.80. The number of carbonyl (C=O) groups is 1. The van der Waals surface area contributed by atoms with Gasteiger partial charge < -0.3 is 14.1 Å². The highest BCUT2D eigenvalue weighted by Crippen LogP contribution is 2.26. The highest BCUT2D eigenvalue weighted by atomic mass is 32.2. The number of hydrogen-bond donors (Lipinski definition) is 0. The van der Waals surface area contributed by atoms with E-state index in [-0.39, 0.29) is 29.5 Å². The number of nitrogens with zero attached hydrogens (tertiary/aromatic N) is 2. The monoisotopic (exact) mass is 394 g/mol. The Morgan fingerprint density at radius 1 is 1.30 bits per heavy atom. The molecule has 10 heteroatoms. The molecule has 0 spiro atoms. The first-order chi connectivity index (χ1) is 12.9. The van der Waals surface area contributed by atoms with Crippen molar-refractivity contribution in [1.29, 1.82) is 0 Å². The van der Waals surface area contributed by atoms with E-state index in [1.807, 2.05) is 0 Å². The Balaban J connectivity index is 1.74. The van der Waals surface area contributed by atoms with E-state index in [2.05, 4.69) is 0 Å². The van der Waals surface area contributed by atoms with Crippen molar-refractivity contribution in [3.05, 3.63) is 58.5 Å². The number of nitro benzene ring substituents is 1. The molecule has 1 saturated heterocycles. The molecule has 0 saturated carbocycles. The van der Waals surface area contributed by atoms with Crippen LogP contribution in [0.4, 0.5) is 5.69 Å².